The smallest absolute Gasteiger partial charge is 0.0573 e. The van der Waals surface area contributed by atoms with Gasteiger partial charge in [0.2, 0.25) is 0 Å². The topological polar surface area (TPSA) is 45.0 Å². The van der Waals surface area contributed by atoms with Crippen LogP contribution in [0.3, 0.4) is 0 Å². The zero-order chi connectivity index (χ0) is 14.1. The number of anilines is 1. The number of benzene rings is 2. The van der Waals surface area contributed by atoms with Crippen molar-refractivity contribution in [3.63, 3.8) is 0 Å². The monoisotopic (exact) mass is 265 g/mol. The van der Waals surface area contributed by atoms with Gasteiger partial charge in [-0.3, -0.25) is 0 Å². The van der Waals surface area contributed by atoms with Crippen LogP contribution in [-0.4, -0.2) is 19.1 Å². The molecule has 0 amide bonds. The standard InChI is InChI=1S/C17H19N3/c1-20(2)13-7-5-6-12(10-13)17(18)15-11-19-16-9-4-3-8-14(15)16/h3-11,17,19H,18H2,1-2H3. The summed E-state index contributed by atoms with van der Waals surface area (Å²) in [5.74, 6) is 0. The van der Waals surface area contributed by atoms with E-state index in [1.807, 2.05) is 32.4 Å². The van der Waals surface area contributed by atoms with Gasteiger partial charge in [-0.05, 0) is 29.3 Å². The third-order valence-electron chi connectivity index (χ3n) is 3.70. The maximum atomic E-state index is 6.46. The summed E-state index contributed by atoms with van der Waals surface area (Å²) in [6, 6.07) is 16.5. The van der Waals surface area contributed by atoms with Crippen molar-refractivity contribution in [1.29, 1.82) is 0 Å². The van der Waals surface area contributed by atoms with E-state index in [1.165, 1.54) is 5.39 Å². The maximum absolute atomic E-state index is 6.46. The molecule has 0 saturated carbocycles. The van der Waals surface area contributed by atoms with E-state index in [2.05, 4.69) is 46.3 Å². The zero-order valence-electron chi connectivity index (χ0n) is 11.8. The first kappa shape index (κ1) is 12.8. The number of aromatic amines is 1. The molecular formula is C17H19N3. The third-order valence-corrected chi connectivity index (χ3v) is 3.70. The molecule has 0 saturated heterocycles. The number of H-pyrrole nitrogens is 1. The first-order chi connectivity index (χ1) is 9.66. The molecule has 2 aromatic carbocycles. The second-order valence-corrected chi connectivity index (χ2v) is 5.26. The van der Waals surface area contributed by atoms with Crippen molar-refractivity contribution in [3.8, 4) is 0 Å². The maximum Gasteiger partial charge on any atom is 0.0573 e. The molecule has 0 aliphatic heterocycles. The molecule has 0 spiro atoms. The number of hydrogen-bond donors (Lipinski definition) is 2. The van der Waals surface area contributed by atoms with Crippen LogP contribution in [0.1, 0.15) is 17.2 Å². The van der Waals surface area contributed by atoms with Gasteiger partial charge in [0.15, 0.2) is 0 Å². The highest BCUT2D eigenvalue weighted by atomic mass is 15.1. The molecule has 3 aromatic rings. The van der Waals surface area contributed by atoms with Crippen LogP contribution in [0, 0.1) is 0 Å². The van der Waals surface area contributed by atoms with Gasteiger partial charge in [0, 0.05) is 36.9 Å². The molecule has 0 aliphatic carbocycles. The van der Waals surface area contributed by atoms with Gasteiger partial charge in [-0.1, -0.05) is 30.3 Å². The summed E-state index contributed by atoms with van der Waals surface area (Å²) < 4.78 is 0. The molecule has 3 N–H and O–H groups in total. The molecule has 0 bridgehead atoms. The van der Waals surface area contributed by atoms with Gasteiger partial charge < -0.3 is 15.6 Å². The predicted octanol–water partition coefficient (Wildman–Crippen LogP) is 3.28. The zero-order valence-corrected chi connectivity index (χ0v) is 11.8. The Morgan fingerprint density at radius 2 is 1.85 bits per heavy atom. The van der Waals surface area contributed by atoms with Crippen LogP contribution in [0.2, 0.25) is 0 Å². The highest BCUT2D eigenvalue weighted by molar-refractivity contribution is 5.84. The lowest BCUT2D eigenvalue weighted by Gasteiger charge is -2.17. The van der Waals surface area contributed by atoms with Crippen LogP contribution in [0.25, 0.3) is 10.9 Å². The number of nitrogens with zero attached hydrogens (tertiary/aromatic N) is 1. The number of fused-ring (bicyclic) bond motifs is 1. The van der Waals surface area contributed by atoms with Crippen LogP contribution in [0.15, 0.2) is 54.7 Å². The van der Waals surface area contributed by atoms with Crippen molar-refractivity contribution in [2.24, 2.45) is 5.73 Å². The summed E-state index contributed by atoms with van der Waals surface area (Å²) in [5, 5.41) is 1.19. The van der Waals surface area contributed by atoms with E-state index in [1.54, 1.807) is 0 Å². The molecule has 0 aliphatic rings. The Morgan fingerprint density at radius 1 is 1.05 bits per heavy atom. The second kappa shape index (κ2) is 5.02. The van der Waals surface area contributed by atoms with Gasteiger partial charge in [0.25, 0.3) is 0 Å². The predicted molar refractivity (Wildman–Crippen MR) is 85.1 cm³/mol. The average molecular weight is 265 g/mol. The average Bonchev–Trinajstić information content (AvgIpc) is 2.90. The summed E-state index contributed by atoms with van der Waals surface area (Å²) in [6.07, 6.45) is 2.01. The normalized spacial score (nSPS) is 12.6. The first-order valence-electron chi connectivity index (χ1n) is 6.75. The molecule has 1 heterocycles. The van der Waals surface area contributed by atoms with Crippen LogP contribution in [0.5, 0.6) is 0 Å². The molecule has 0 fully saturated rings. The molecule has 1 unspecified atom stereocenters. The number of aromatic nitrogens is 1. The minimum Gasteiger partial charge on any atom is -0.378 e. The highest BCUT2D eigenvalue weighted by Gasteiger charge is 2.14. The molecule has 20 heavy (non-hydrogen) atoms. The van der Waals surface area contributed by atoms with Gasteiger partial charge in [0.1, 0.15) is 0 Å². The van der Waals surface area contributed by atoms with Crippen LogP contribution in [-0.2, 0) is 0 Å². The Balaban J connectivity index is 2.04. The summed E-state index contributed by atoms with van der Waals surface area (Å²) in [6.45, 7) is 0. The molecule has 0 radical (unpaired) electrons. The van der Waals surface area contributed by atoms with Crippen molar-refractivity contribution < 1.29 is 0 Å². The minimum absolute atomic E-state index is 0.119. The molecule has 3 nitrogen and oxygen atoms in total. The molecular weight excluding hydrogens is 246 g/mol. The Hall–Kier alpha value is -2.26. The van der Waals surface area contributed by atoms with Crippen LogP contribution >= 0.6 is 0 Å². The van der Waals surface area contributed by atoms with Crippen molar-refractivity contribution in [3.05, 3.63) is 65.9 Å². The minimum atomic E-state index is -0.119. The fraction of sp³-hybridized carbons (Fsp3) is 0.176. The van der Waals surface area contributed by atoms with E-state index in [9.17, 15) is 0 Å². The molecule has 1 atom stereocenters. The molecule has 102 valence electrons. The van der Waals surface area contributed by atoms with Gasteiger partial charge in [-0.15, -0.1) is 0 Å². The summed E-state index contributed by atoms with van der Waals surface area (Å²) in [5.41, 5.74) is 11.0. The lowest BCUT2D eigenvalue weighted by atomic mass is 9.98. The van der Waals surface area contributed by atoms with Crippen molar-refractivity contribution in [2.75, 3.05) is 19.0 Å². The highest BCUT2D eigenvalue weighted by Crippen LogP contribution is 2.28. The Morgan fingerprint density at radius 3 is 2.65 bits per heavy atom. The van der Waals surface area contributed by atoms with Crippen molar-refractivity contribution >= 4 is 16.6 Å². The van der Waals surface area contributed by atoms with E-state index in [0.717, 1.165) is 22.3 Å². The fourth-order valence-corrected chi connectivity index (χ4v) is 2.53. The van der Waals surface area contributed by atoms with E-state index in [4.69, 9.17) is 5.73 Å². The number of para-hydroxylation sites is 1. The van der Waals surface area contributed by atoms with Gasteiger partial charge in [0.05, 0.1) is 6.04 Å². The second-order valence-electron chi connectivity index (χ2n) is 5.26. The van der Waals surface area contributed by atoms with Crippen LogP contribution in [0.4, 0.5) is 5.69 Å². The Labute approximate surface area is 119 Å². The lowest BCUT2D eigenvalue weighted by molar-refractivity contribution is 0.878. The first-order valence-corrected chi connectivity index (χ1v) is 6.75. The molecule has 1 aromatic heterocycles. The number of nitrogens with one attached hydrogen (secondary N) is 1. The van der Waals surface area contributed by atoms with E-state index in [-0.39, 0.29) is 6.04 Å². The Bertz CT molecular complexity index is 728. The van der Waals surface area contributed by atoms with Crippen LogP contribution < -0.4 is 10.6 Å². The quantitative estimate of drug-likeness (QED) is 0.763. The van der Waals surface area contributed by atoms with Gasteiger partial charge in [-0.25, -0.2) is 0 Å². The molecule has 3 rings (SSSR count). The van der Waals surface area contributed by atoms with E-state index < -0.39 is 0 Å². The lowest BCUT2D eigenvalue weighted by Crippen LogP contribution is -2.13. The van der Waals surface area contributed by atoms with E-state index >= 15 is 0 Å². The Kier molecular flexibility index (Phi) is 3.20. The van der Waals surface area contributed by atoms with E-state index in [0.29, 0.717) is 0 Å². The summed E-state index contributed by atoms with van der Waals surface area (Å²) in [4.78, 5) is 5.37. The largest absolute Gasteiger partial charge is 0.378 e. The number of rotatable bonds is 3. The third kappa shape index (κ3) is 2.17. The van der Waals surface area contributed by atoms with Gasteiger partial charge >= 0.3 is 0 Å². The van der Waals surface area contributed by atoms with Crippen molar-refractivity contribution in [1.82, 2.24) is 4.98 Å². The van der Waals surface area contributed by atoms with Crippen molar-refractivity contribution in [2.45, 2.75) is 6.04 Å². The number of nitrogens with two attached hydrogens (primary N) is 1. The SMILES string of the molecule is CN(C)c1cccc(C(N)c2c[nH]c3ccccc23)c1. The fourth-order valence-electron chi connectivity index (χ4n) is 2.53. The van der Waals surface area contributed by atoms with Gasteiger partial charge in [-0.2, -0.15) is 0 Å². The number of hydrogen-bond acceptors (Lipinski definition) is 2. The summed E-state index contributed by atoms with van der Waals surface area (Å²) in [7, 11) is 4.08. The molecule has 3 heteroatoms. The summed E-state index contributed by atoms with van der Waals surface area (Å²) >= 11 is 0.